The molecule has 3 rings (SSSR count). The summed E-state index contributed by atoms with van der Waals surface area (Å²) in [5.74, 6) is -0.0842. The fourth-order valence-electron chi connectivity index (χ4n) is 3.54. The molecule has 0 bridgehead atoms. The van der Waals surface area contributed by atoms with Gasteiger partial charge in [0.05, 0.1) is 0 Å². The fraction of sp³-hybridized carbons (Fsp3) is 0.500. The van der Waals surface area contributed by atoms with Crippen LogP contribution in [0.1, 0.15) is 36.0 Å². The van der Waals surface area contributed by atoms with Gasteiger partial charge in [0.2, 0.25) is 5.91 Å². The zero-order valence-electron chi connectivity index (χ0n) is 15.1. The maximum Gasteiger partial charge on any atom is 0.254 e. The van der Waals surface area contributed by atoms with Gasteiger partial charge in [0.1, 0.15) is 6.04 Å². The number of rotatable bonds is 6. The molecule has 5 heteroatoms. The van der Waals surface area contributed by atoms with E-state index in [1.54, 1.807) is 11.0 Å². The minimum Gasteiger partial charge on any atom is -0.378 e. The summed E-state index contributed by atoms with van der Waals surface area (Å²) in [6, 6.07) is 7.24. The van der Waals surface area contributed by atoms with Crippen molar-refractivity contribution in [3.8, 4) is 0 Å². The largest absolute Gasteiger partial charge is 0.378 e. The van der Waals surface area contributed by atoms with Crippen LogP contribution in [0.4, 0.5) is 5.69 Å². The molecular weight excluding hydrogens is 314 g/mol. The van der Waals surface area contributed by atoms with Crippen LogP contribution in [0.2, 0.25) is 0 Å². The molecule has 1 aromatic carbocycles. The Morgan fingerprint density at radius 1 is 1.40 bits per heavy atom. The Labute approximate surface area is 149 Å². The summed E-state index contributed by atoms with van der Waals surface area (Å²) < 4.78 is 0. The first-order valence-corrected chi connectivity index (χ1v) is 8.93. The lowest BCUT2D eigenvalue weighted by atomic mass is 10.0. The summed E-state index contributed by atoms with van der Waals surface area (Å²) in [7, 11) is 3.91. The molecular formula is C20H27N3O2. The van der Waals surface area contributed by atoms with Crippen molar-refractivity contribution in [2.45, 2.75) is 31.7 Å². The van der Waals surface area contributed by atoms with Crippen molar-refractivity contribution in [1.29, 1.82) is 0 Å². The molecule has 134 valence electrons. The van der Waals surface area contributed by atoms with Gasteiger partial charge in [0, 0.05) is 38.4 Å². The molecule has 1 atom stereocenters. The highest BCUT2D eigenvalue weighted by Gasteiger charge is 2.55. The second-order valence-corrected chi connectivity index (χ2v) is 7.47. The van der Waals surface area contributed by atoms with Gasteiger partial charge in [-0.25, -0.2) is 0 Å². The number of likely N-dealkylation sites (tertiary alicyclic amines) is 1. The highest BCUT2D eigenvalue weighted by Crippen LogP contribution is 2.55. The molecule has 1 aliphatic heterocycles. The third kappa shape index (κ3) is 3.70. The van der Waals surface area contributed by atoms with Crippen molar-refractivity contribution in [3.05, 3.63) is 42.5 Å². The zero-order chi connectivity index (χ0) is 18.0. The highest BCUT2D eigenvalue weighted by molar-refractivity contribution is 5.98. The second kappa shape index (κ2) is 6.90. The van der Waals surface area contributed by atoms with E-state index in [2.05, 4.69) is 11.9 Å². The molecule has 1 saturated heterocycles. The molecule has 2 amide bonds. The Morgan fingerprint density at radius 3 is 2.80 bits per heavy atom. The van der Waals surface area contributed by atoms with E-state index < -0.39 is 0 Å². The average molecular weight is 341 g/mol. The van der Waals surface area contributed by atoms with E-state index in [4.69, 9.17) is 0 Å². The summed E-state index contributed by atoms with van der Waals surface area (Å²) in [6.45, 7) is 4.94. The van der Waals surface area contributed by atoms with E-state index in [0.717, 1.165) is 31.4 Å². The van der Waals surface area contributed by atoms with Crippen molar-refractivity contribution in [3.63, 3.8) is 0 Å². The average Bonchev–Trinajstić information content (AvgIpc) is 3.25. The first-order chi connectivity index (χ1) is 12.0. The Bertz CT molecular complexity index is 679. The van der Waals surface area contributed by atoms with Crippen LogP contribution < -0.4 is 10.2 Å². The minimum atomic E-state index is -0.358. The summed E-state index contributed by atoms with van der Waals surface area (Å²) >= 11 is 0. The SMILES string of the molecule is C=CCCNC(=O)[C@@H]1CC2(CC2)CN1C(=O)c1cccc(N(C)C)c1. The summed E-state index contributed by atoms with van der Waals surface area (Å²) in [5, 5.41) is 2.94. The number of hydrogen-bond donors (Lipinski definition) is 1. The maximum absolute atomic E-state index is 13.1. The zero-order valence-corrected chi connectivity index (χ0v) is 15.1. The van der Waals surface area contributed by atoms with Crippen molar-refractivity contribution < 1.29 is 9.59 Å². The number of nitrogens with zero attached hydrogens (tertiary/aromatic N) is 2. The number of carbonyl (C=O) groups excluding carboxylic acids is 2. The molecule has 1 aliphatic carbocycles. The molecule has 0 aromatic heterocycles. The predicted molar refractivity (Wildman–Crippen MR) is 99.7 cm³/mol. The summed E-state index contributed by atoms with van der Waals surface area (Å²) in [5.41, 5.74) is 1.81. The Morgan fingerprint density at radius 2 is 2.16 bits per heavy atom. The lowest BCUT2D eigenvalue weighted by molar-refractivity contribution is -0.124. The van der Waals surface area contributed by atoms with Crippen molar-refractivity contribution in [2.24, 2.45) is 5.41 Å². The predicted octanol–water partition coefficient (Wildman–Crippen LogP) is 2.44. The molecule has 2 aliphatic rings. The number of amides is 2. The number of nitrogens with one attached hydrogen (secondary N) is 1. The Hall–Kier alpha value is -2.30. The van der Waals surface area contributed by atoms with Gasteiger partial charge in [-0.2, -0.15) is 0 Å². The quantitative estimate of drug-likeness (QED) is 0.639. The molecule has 0 radical (unpaired) electrons. The topological polar surface area (TPSA) is 52.7 Å². The van der Waals surface area contributed by atoms with Gasteiger partial charge in [-0.15, -0.1) is 6.58 Å². The van der Waals surface area contributed by atoms with E-state index in [0.29, 0.717) is 18.7 Å². The van der Waals surface area contributed by atoms with Gasteiger partial charge in [0.25, 0.3) is 5.91 Å². The van der Waals surface area contributed by atoms with Crippen LogP contribution in [0.25, 0.3) is 0 Å². The third-order valence-electron chi connectivity index (χ3n) is 5.29. The molecule has 1 N–H and O–H groups in total. The molecule has 1 saturated carbocycles. The van der Waals surface area contributed by atoms with Crippen LogP contribution in [0.15, 0.2) is 36.9 Å². The van der Waals surface area contributed by atoms with Gasteiger partial charge in [0.15, 0.2) is 0 Å². The van der Waals surface area contributed by atoms with Crippen molar-refractivity contribution in [1.82, 2.24) is 10.2 Å². The summed E-state index contributed by atoms with van der Waals surface area (Å²) in [4.78, 5) is 29.5. The number of anilines is 1. The number of hydrogen-bond acceptors (Lipinski definition) is 3. The Kier molecular flexibility index (Phi) is 4.84. The monoisotopic (exact) mass is 341 g/mol. The molecule has 1 aromatic rings. The number of carbonyl (C=O) groups is 2. The third-order valence-corrected chi connectivity index (χ3v) is 5.29. The standard InChI is InChI=1S/C20H27N3O2/c1-4-5-11-21-18(24)17-13-20(9-10-20)14-23(17)19(25)15-7-6-8-16(12-15)22(2)3/h4,6-8,12,17H,1,5,9-11,13-14H2,2-3H3,(H,21,24)/t17-/m0/s1. The van der Waals surface area contributed by atoms with Crippen LogP contribution in [0, 0.1) is 5.41 Å². The van der Waals surface area contributed by atoms with Crippen molar-refractivity contribution in [2.75, 3.05) is 32.1 Å². The molecule has 0 unspecified atom stereocenters. The van der Waals surface area contributed by atoms with E-state index in [1.807, 2.05) is 43.3 Å². The molecule has 2 fully saturated rings. The second-order valence-electron chi connectivity index (χ2n) is 7.47. The lowest BCUT2D eigenvalue weighted by Gasteiger charge is -2.24. The molecule has 1 spiro atoms. The van der Waals surface area contributed by atoms with Gasteiger partial charge in [-0.05, 0) is 49.3 Å². The van der Waals surface area contributed by atoms with Gasteiger partial charge in [-0.1, -0.05) is 12.1 Å². The smallest absolute Gasteiger partial charge is 0.254 e. The molecule has 25 heavy (non-hydrogen) atoms. The van der Waals surface area contributed by atoms with Gasteiger partial charge >= 0.3 is 0 Å². The van der Waals surface area contributed by atoms with Crippen molar-refractivity contribution >= 4 is 17.5 Å². The first kappa shape index (κ1) is 17.5. The van der Waals surface area contributed by atoms with Gasteiger partial charge < -0.3 is 15.1 Å². The maximum atomic E-state index is 13.1. The van der Waals surface area contributed by atoms with E-state index >= 15 is 0 Å². The normalized spacial score (nSPS) is 20.4. The van der Waals surface area contributed by atoms with Crippen LogP contribution in [0.5, 0.6) is 0 Å². The van der Waals surface area contributed by atoms with Gasteiger partial charge in [-0.3, -0.25) is 9.59 Å². The summed E-state index contributed by atoms with van der Waals surface area (Å²) in [6.07, 6.45) is 5.54. The fourth-order valence-corrected chi connectivity index (χ4v) is 3.54. The molecule has 5 nitrogen and oxygen atoms in total. The van der Waals surface area contributed by atoms with E-state index in [9.17, 15) is 9.59 Å². The van der Waals surface area contributed by atoms with Crippen LogP contribution in [0.3, 0.4) is 0 Å². The van der Waals surface area contributed by atoms with Crippen LogP contribution in [-0.2, 0) is 4.79 Å². The Balaban J connectivity index is 1.78. The number of benzene rings is 1. The van der Waals surface area contributed by atoms with Crippen LogP contribution in [-0.4, -0.2) is 49.9 Å². The van der Waals surface area contributed by atoms with E-state index in [-0.39, 0.29) is 23.3 Å². The first-order valence-electron chi connectivity index (χ1n) is 8.93. The van der Waals surface area contributed by atoms with E-state index in [1.165, 1.54) is 0 Å². The molecule has 1 heterocycles. The van der Waals surface area contributed by atoms with Crippen LogP contribution >= 0.6 is 0 Å². The minimum absolute atomic E-state index is 0.0391. The lowest BCUT2D eigenvalue weighted by Crippen LogP contribution is -2.46. The highest BCUT2D eigenvalue weighted by atomic mass is 16.2.